The van der Waals surface area contributed by atoms with Gasteiger partial charge in [-0.25, -0.2) is 8.60 Å². The van der Waals surface area contributed by atoms with Crippen molar-refractivity contribution in [2.75, 3.05) is 5.75 Å². The molecule has 0 aliphatic heterocycles. The van der Waals surface area contributed by atoms with Gasteiger partial charge >= 0.3 is 0 Å². The molecule has 8 heavy (non-hydrogen) atoms. The second kappa shape index (κ2) is 1.77. The van der Waals surface area contributed by atoms with Crippen LogP contribution in [0.3, 0.4) is 0 Å². The van der Waals surface area contributed by atoms with E-state index in [0.29, 0.717) is 12.8 Å². The molecule has 0 heterocycles. The molecule has 4 heteroatoms. The molecule has 0 spiro atoms. The van der Waals surface area contributed by atoms with Gasteiger partial charge in [0, 0.05) is 0 Å². The molecule has 0 radical (unpaired) electrons. The summed E-state index contributed by atoms with van der Waals surface area (Å²) in [6.07, 6.45) is 1.08. The molecule has 1 saturated carbocycles. The van der Waals surface area contributed by atoms with E-state index in [-0.39, 0.29) is 5.75 Å². The highest BCUT2D eigenvalue weighted by molar-refractivity contribution is 7.82. The maximum atomic E-state index is 12.5. The number of rotatable bonds is 2. The Labute approximate surface area is 49.8 Å². The Kier molecular flexibility index (Phi) is 1.37. The third-order valence-electron chi connectivity index (χ3n) is 1.19. The van der Waals surface area contributed by atoms with E-state index < -0.39 is 16.7 Å². The highest BCUT2D eigenvalue weighted by atomic mass is 32.2. The molecule has 1 aliphatic carbocycles. The van der Waals surface area contributed by atoms with Crippen molar-refractivity contribution in [1.82, 2.24) is 0 Å². The van der Waals surface area contributed by atoms with Gasteiger partial charge in [-0.2, -0.15) is 0 Å². The Balaban J connectivity index is 2.29. The molecule has 0 aromatic heterocycles. The lowest BCUT2D eigenvalue weighted by molar-refractivity contribution is 0.344. The molecule has 48 valence electrons. The van der Waals surface area contributed by atoms with Gasteiger partial charge in [-0.3, -0.25) is 5.14 Å². The van der Waals surface area contributed by atoms with Crippen molar-refractivity contribution in [3.63, 3.8) is 0 Å². The van der Waals surface area contributed by atoms with E-state index in [2.05, 4.69) is 0 Å². The summed E-state index contributed by atoms with van der Waals surface area (Å²) in [5.74, 6) is 0.0208. The number of nitrogens with two attached hydrogens (primary N) is 1. The Bertz CT molecular complexity index is 123. The zero-order chi connectivity index (χ0) is 6.20. The van der Waals surface area contributed by atoms with Crippen LogP contribution in [0, 0.1) is 0 Å². The molecule has 0 aromatic carbocycles. The van der Waals surface area contributed by atoms with Crippen molar-refractivity contribution < 1.29 is 8.60 Å². The van der Waals surface area contributed by atoms with Gasteiger partial charge < -0.3 is 0 Å². The van der Waals surface area contributed by atoms with Crippen LogP contribution < -0.4 is 5.14 Å². The van der Waals surface area contributed by atoms with E-state index in [1.165, 1.54) is 0 Å². The molecule has 1 aliphatic rings. The summed E-state index contributed by atoms with van der Waals surface area (Å²) >= 11 is 0. The van der Waals surface area contributed by atoms with Crippen LogP contribution >= 0.6 is 0 Å². The Morgan fingerprint density at radius 1 is 1.75 bits per heavy atom. The molecule has 2 nitrogen and oxygen atoms in total. The standard InChI is InChI=1S/C4H8FNOS/c5-4(1-2-4)3-8(6)7/h1-3,6H2. The highest BCUT2D eigenvalue weighted by Gasteiger charge is 2.44. The van der Waals surface area contributed by atoms with Gasteiger partial charge in [-0.1, -0.05) is 0 Å². The van der Waals surface area contributed by atoms with Crippen molar-refractivity contribution in [3.05, 3.63) is 0 Å². The quantitative estimate of drug-likeness (QED) is 0.576. The summed E-state index contributed by atoms with van der Waals surface area (Å²) in [5, 5.41) is 4.85. The van der Waals surface area contributed by atoms with Crippen LogP contribution in [0.1, 0.15) is 12.8 Å². The molecule has 0 saturated heterocycles. The first kappa shape index (κ1) is 6.16. The van der Waals surface area contributed by atoms with Crippen LogP contribution in [0.4, 0.5) is 4.39 Å². The minimum absolute atomic E-state index is 0.0208. The first-order chi connectivity index (χ1) is 3.62. The fourth-order valence-electron chi connectivity index (χ4n) is 0.535. The Morgan fingerprint density at radius 3 is 2.38 bits per heavy atom. The van der Waals surface area contributed by atoms with Crippen LogP contribution in [-0.2, 0) is 11.0 Å². The minimum atomic E-state index is -1.45. The maximum absolute atomic E-state index is 12.5. The van der Waals surface area contributed by atoms with Crippen molar-refractivity contribution in [1.29, 1.82) is 0 Å². The third-order valence-corrected chi connectivity index (χ3v) is 2.00. The second-order valence-corrected chi connectivity index (χ2v) is 3.23. The molecule has 0 amide bonds. The Morgan fingerprint density at radius 2 is 2.25 bits per heavy atom. The van der Waals surface area contributed by atoms with Crippen LogP contribution in [0.2, 0.25) is 0 Å². The summed E-state index contributed by atoms with van der Waals surface area (Å²) in [4.78, 5) is 0. The van der Waals surface area contributed by atoms with Crippen LogP contribution in [0.15, 0.2) is 0 Å². The van der Waals surface area contributed by atoms with Crippen molar-refractivity contribution in [2.24, 2.45) is 5.14 Å². The zero-order valence-electron chi connectivity index (χ0n) is 4.39. The Hall–Kier alpha value is 0.0400. The summed E-state index contributed by atoms with van der Waals surface area (Å²) in [5.41, 5.74) is -1.15. The van der Waals surface area contributed by atoms with E-state index in [1.807, 2.05) is 0 Å². The summed E-state index contributed by atoms with van der Waals surface area (Å²) in [6.45, 7) is 0. The fourth-order valence-corrected chi connectivity index (χ4v) is 1.33. The molecule has 0 aromatic rings. The van der Waals surface area contributed by atoms with Crippen molar-refractivity contribution in [3.8, 4) is 0 Å². The SMILES string of the molecule is NS(=O)CC1(F)CC1. The average Bonchev–Trinajstić information content (AvgIpc) is 2.17. The maximum Gasteiger partial charge on any atom is 0.124 e. The first-order valence-electron chi connectivity index (χ1n) is 2.44. The van der Waals surface area contributed by atoms with E-state index in [1.54, 1.807) is 0 Å². The monoisotopic (exact) mass is 137 g/mol. The van der Waals surface area contributed by atoms with Crippen LogP contribution in [-0.4, -0.2) is 15.6 Å². The number of hydrogen-bond acceptors (Lipinski definition) is 1. The summed E-state index contributed by atoms with van der Waals surface area (Å²) in [6, 6.07) is 0. The van der Waals surface area contributed by atoms with Crippen molar-refractivity contribution >= 4 is 11.0 Å². The van der Waals surface area contributed by atoms with E-state index in [4.69, 9.17) is 5.14 Å². The second-order valence-electron chi connectivity index (χ2n) is 2.18. The minimum Gasteiger partial charge on any atom is -0.252 e. The largest absolute Gasteiger partial charge is 0.252 e. The van der Waals surface area contributed by atoms with Gasteiger partial charge in [0.2, 0.25) is 0 Å². The van der Waals surface area contributed by atoms with Gasteiger partial charge in [0.1, 0.15) is 5.67 Å². The number of hydrogen-bond donors (Lipinski definition) is 1. The molecular formula is C4H8FNOS. The first-order valence-corrected chi connectivity index (χ1v) is 3.82. The highest BCUT2D eigenvalue weighted by Crippen LogP contribution is 2.39. The number of halogens is 1. The average molecular weight is 137 g/mol. The lowest BCUT2D eigenvalue weighted by atomic mass is 10.5. The smallest absolute Gasteiger partial charge is 0.124 e. The normalized spacial score (nSPS) is 27.2. The van der Waals surface area contributed by atoms with Gasteiger partial charge in [0.25, 0.3) is 0 Å². The zero-order valence-corrected chi connectivity index (χ0v) is 5.21. The summed E-state index contributed by atoms with van der Waals surface area (Å²) < 4.78 is 22.6. The third kappa shape index (κ3) is 1.52. The van der Waals surface area contributed by atoms with Gasteiger partial charge in [-0.15, -0.1) is 0 Å². The fraction of sp³-hybridized carbons (Fsp3) is 1.00. The van der Waals surface area contributed by atoms with E-state index in [0.717, 1.165) is 0 Å². The number of alkyl halides is 1. The van der Waals surface area contributed by atoms with Gasteiger partial charge in [0.05, 0.1) is 16.7 Å². The molecule has 2 N–H and O–H groups in total. The van der Waals surface area contributed by atoms with E-state index in [9.17, 15) is 8.60 Å². The summed E-state index contributed by atoms with van der Waals surface area (Å²) in [7, 11) is -1.45. The molecule has 1 unspecified atom stereocenters. The topological polar surface area (TPSA) is 43.1 Å². The predicted octanol–water partition coefficient (Wildman–Crippen LogP) is 0.111. The molecule has 0 bridgehead atoms. The van der Waals surface area contributed by atoms with Gasteiger partial charge in [0.15, 0.2) is 0 Å². The molecule has 1 atom stereocenters. The predicted molar refractivity (Wildman–Crippen MR) is 30.3 cm³/mol. The molecule has 1 fully saturated rings. The molecule has 1 rings (SSSR count). The van der Waals surface area contributed by atoms with E-state index >= 15 is 0 Å². The van der Waals surface area contributed by atoms with Crippen LogP contribution in [0.25, 0.3) is 0 Å². The lowest BCUT2D eigenvalue weighted by Gasteiger charge is -1.97. The van der Waals surface area contributed by atoms with Gasteiger partial charge in [-0.05, 0) is 12.8 Å². The van der Waals surface area contributed by atoms with Crippen molar-refractivity contribution in [2.45, 2.75) is 18.5 Å². The molecular weight excluding hydrogens is 129 g/mol. The van der Waals surface area contributed by atoms with Crippen LogP contribution in [0.5, 0.6) is 0 Å². The lowest BCUT2D eigenvalue weighted by Crippen LogP contribution is -2.18.